The number of ether oxygens (including phenoxy) is 2. The molecule has 0 saturated carbocycles. The lowest BCUT2D eigenvalue weighted by molar-refractivity contribution is -0.160. The van der Waals surface area contributed by atoms with Gasteiger partial charge in [-0.05, 0) is 39.2 Å². The fraction of sp³-hybridized carbons (Fsp3) is 0.529. The van der Waals surface area contributed by atoms with Gasteiger partial charge >= 0.3 is 11.9 Å². The highest BCUT2D eigenvalue weighted by Crippen LogP contribution is 2.18. The Hall–Kier alpha value is -1.84. The SMILES string of the molecule is COC(=O)C(CCc1ccccc1)CC(=O)OC(C)(C)C. The van der Waals surface area contributed by atoms with Crippen LogP contribution in [0.15, 0.2) is 30.3 Å². The fourth-order valence-electron chi connectivity index (χ4n) is 2.04. The van der Waals surface area contributed by atoms with Crippen LogP contribution >= 0.6 is 0 Å². The van der Waals surface area contributed by atoms with E-state index in [-0.39, 0.29) is 18.4 Å². The molecule has 0 heterocycles. The Morgan fingerprint density at radius 2 is 1.76 bits per heavy atom. The molecular formula is C17H24O4. The smallest absolute Gasteiger partial charge is 0.309 e. The lowest BCUT2D eigenvalue weighted by Gasteiger charge is -2.21. The summed E-state index contributed by atoms with van der Waals surface area (Å²) in [6.45, 7) is 5.42. The second-order valence-corrected chi connectivity index (χ2v) is 6.03. The van der Waals surface area contributed by atoms with Crippen LogP contribution < -0.4 is 0 Å². The van der Waals surface area contributed by atoms with Crippen molar-refractivity contribution in [2.45, 2.75) is 45.6 Å². The van der Waals surface area contributed by atoms with Crippen LogP contribution in [0.1, 0.15) is 39.2 Å². The van der Waals surface area contributed by atoms with Gasteiger partial charge in [0.2, 0.25) is 0 Å². The molecule has 1 aromatic carbocycles. The summed E-state index contributed by atoms with van der Waals surface area (Å²) in [6.07, 6.45) is 1.34. The Bertz CT molecular complexity index is 459. The molecule has 21 heavy (non-hydrogen) atoms. The van der Waals surface area contributed by atoms with Crippen molar-refractivity contribution in [3.8, 4) is 0 Å². The summed E-state index contributed by atoms with van der Waals surface area (Å²) in [6, 6.07) is 9.86. The lowest BCUT2D eigenvalue weighted by Crippen LogP contribution is -2.28. The topological polar surface area (TPSA) is 52.6 Å². The number of methoxy groups -OCH3 is 1. The maximum absolute atomic E-state index is 11.9. The normalized spacial score (nSPS) is 12.6. The molecule has 116 valence electrons. The number of carbonyl (C=O) groups is 2. The predicted molar refractivity (Wildman–Crippen MR) is 80.7 cm³/mol. The molecule has 0 amide bonds. The maximum atomic E-state index is 11.9. The first kappa shape index (κ1) is 17.2. The molecule has 0 spiro atoms. The van der Waals surface area contributed by atoms with Gasteiger partial charge in [-0.1, -0.05) is 30.3 Å². The van der Waals surface area contributed by atoms with Crippen molar-refractivity contribution in [2.24, 2.45) is 5.92 Å². The second-order valence-electron chi connectivity index (χ2n) is 6.03. The van der Waals surface area contributed by atoms with Gasteiger partial charge in [0.15, 0.2) is 0 Å². The van der Waals surface area contributed by atoms with E-state index in [2.05, 4.69) is 0 Å². The standard InChI is InChI=1S/C17H24O4/c1-17(2,3)21-15(18)12-14(16(19)20-4)11-10-13-8-6-5-7-9-13/h5-9,14H,10-12H2,1-4H3. The van der Waals surface area contributed by atoms with E-state index in [9.17, 15) is 9.59 Å². The molecule has 0 bridgehead atoms. The van der Waals surface area contributed by atoms with Gasteiger partial charge in [-0.15, -0.1) is 0 Å². The Morgan fingerprint density at radius 1 is 1.14 bits per heavy atom. The number of carbonyl (C=O) groups excluding carboxylic acids is 2. The Kier molecular flexibility index (Phi) is 6.40. The molecule has 1 rings (SSSR count). The van der Waals surface area contributed by atoms with Gasteiger partial charge in [-0.25, -0.2) is 0 Å². The number of benzene rings is 1. The summed E-state index contributed by atoms with van der Waals surface area (Å²) in [7, 11) is 1.34. The minimum absolute atomic E-state index is 0.0524. The highest BCUT2D eigenvalue weighted by atomic mass is 16.6. The fourth-order valence-corrected chi connectivity index (χ4v) is 2.04. The first-order valence-electron chi connectivity index (χ1n) is 7.15. The predicted octanol–water partition coefficient (Wildman–Crippen LogP) is 3.14. The summed E-state index contributed by atoms with van der Waals surface area (Å²) >= 11 is 0. The van der Waals surface area contributed by atoms with Crippen LogP contribution in [0.3, 0.4) is 0 Å². The summed E-state index contributed by atoms with van der Waals surface area (Å²) < 4.78 is 10.1. The van der Waals surface area contributed by atoms with E-state index < -0.39 is 11.5 Å². The van der Waals surface area contributed by atoms with E-state index in [0.29, 0.717) is 6.42 Å². The van der Waals surface area contributed by atoms with Gasteiger partial charge < -0.3 is 9.47 Å². The summed E-state index contributed by atoms with van der Waals surface area (Å²) in [5, 5.41) is 0. The quantitative estimate of drug-likeness (QED) is 0.756. The first-order chi connectivity index (χ1) is 9.81. The van der Waals surface area contributed by atoms with Gasteiger partial charge in [0.05, 0.1) is 19.4 Å². The van der Waals surface area contributed by atoms with E-state index >= 15 is 0 Å². The van der Waals surface area contributed by atoms with Crippen LogP contribution in [0, 0.1) is 5.92 Å². The molecule has 0 aliphatic heterocycles. The number of esters is 2. The molecule has 4 heteroatoms. The van der Waals surface area contributed by atoms with Crippen molar-refractivity contribution in [3.63, 3.8) is 0 Å². The van der Waals surface area contributed by atoms with E-state index in [1.165, 1.54) is 7.11 Å². The summed E-state index contributed by atoms with van der Waals surface area (Å²) in [4.78, 5) is 23.7. The van der Waals surface area contributed by atoms with Crippen LogP contribution in [0.5, 0.6) is 0 Å². The number of aryl methyl sites for hydroxylation is 1. The van der Waals surface area contributed by atoms with Crippen molar-refractivity contribution in [2.75, 3.05) is 7.11 Å². The van der Waals surface area contributed by atoms with Crippen molar-refractivity contribution in [3.05, 3.63) is 35.9 Å². The van der Waals surface area contributed by atoms with Crippen LogP contribution in [-0.4, -0.2) is 24.6 Å². The Balaban J connectivity index is 2.60. The lowest BCUT2D eigenvalue weighted by atomic mass is 9.96. The highest BCUT2D eigenvalue weighted by Gasteiger charge is 2.25. The molecule has 0 N–H and O–H groups in total. The van der Waals surface area contributed by atoms with E-state index in [0.717, 1.165) is 12.0 Å². The van der Waals surface area contributed by atoms with Crippen LogP contribution in [0.4, 0.5) is 0 Å². The molecule has 0 saturated heterocycles. The summed E-state index contributed by atoms with van der Waals surface area (Å²) in [5.74, 6) is -1.20. The Morgan fingerprint density at radius 3 is 2.29 bits per heavy atom. The van der Waals surface area contributed by atoms with Crippen LogP contribution in [0.25, 0.3) is 0 Å². The minimum Gasteiger partial charge on any atom is -0.469 e. The van der Waals surface area contributed by atoms with Crippen LogP contribution in [0.2, 0.25) is 0 Å². The number of hydrogen-bond acceptors (Lipinski definition) is 4. The van der Waals surface area contributed by atoms with Crippen molar-refractivity contribution in [1.29, 1.82) is 0 Å². The average molecular weight is 292 g/mol. The van der Waals surface area contributed by atoms with Gasteiger partial charge in [0, 0.05) is 0 Å². The molecule has 0 radical (unpaired) electrons. The Labute approximate surface area is 126 Å². The molecule has 0 fully saturated rings. The second kappa shape index (κ2) is 7.81. The van der Waals surface area contributed by atoms with E-state index in [1.807, 2.05) is 51.1 Å². The van der Waals surface area contributed by atoms with Crippen LogP contribution in [-0.2, 0) is 25.5 Å². The van der Waals surface area contributed by atoms with Gasteiger partial charge in [-0.3, -0.25) is 9.59 Å². The zero-order chi connectivity index (χ0) is 15.9. The first-order valence-corrected chi connectivity index (χ1v) is 7.15. The maximum Gasteiger partial charge on any atom is 0.309 e. The zero-order valence-electron chi connectivity index (χ0n) is 13.2. The van der Waals surface area contributed by atoms with Gasteiger partial charge in [-0.2, -0.15) is 0 Å². The molecular weight excluding hydrogens is 268 g/mol. The number of rotatable bonds is 6. The van der Waals surface area contributed by atoms with Crippen molar-refractivity contribution < 1.29 is 19.1 Å². The average Bonchev–Trinajstić information content (AvgIpc) is 2.41. The largest absolute Gasteiger partial charge is 0.469 e. The third kappa shape index (κ3) is 6.93. The van der Waals surface area contributed by atoms with E-state index in [4.69, 9.17) is 9.47 Å². The minimum atomic E-state index is -0.544. The zero-order valence-corrected chi connectivity index (χ0v) is 13.2. The van der Waals surface area contributed by atoms with Gasteiger partial charge in [0.1, 0.15) is 5.60 Å². The van der Waals surface area contributed by atoms with Crippen molar-refractivity contribution in [1.82, 2.24) is 0 Å². The molecule has 1 aromatic rings. The molecule has 0 aliphatic carbocycles. The van der Waals surface area contributed by atoms with Crippen molar-refractivity contribution >= 4 is 11.9 Å². The third-order valence-electron chi connectivity index (χ3n) is 2.99. The molecule has 1 unspecified atom stereocenters. The molecule has 4 nitrogen and oxygen atoms in total. The number of hydrogen-bond donors (Lipinski definition) is 0. The van der Waals surface area contributed by atoms with E-state index in [1.54, 1.807) is 0 Å². The summed E-state index contributed by atoms with van der Waals surface area (Å²) in [5.41, 5.74) is 0.590. The third-order valence-corrected chi connectivity index (χ3v) is 2.99. The monoisotopic (exact) mass is 292 g/mol. The van der Waals surface area contributed by atoms with Gasteiger partial charge in [0.25, 0.3) is 0 Å². The highest BCUT2D eigenvalue weighted by molar-refractivity contribution is 5.80. The molecule has 0 aromatic heterocycles. The molecule has 0 aliphatic rings. The molecule has 1 atom stereocenters.